The quantitative estimate of drug-likeness (QED) is 0.234. The number of hydrogen-bond donors (Lipinski definition) is 0. The van der Waals surface area contributed by atoms with Gasteiger partial charge in [-0.15, -0.1) is 0 Å². The fourth-order valence-corrected chi connectivity index (χ4v) is 7.00. The van der Waals surface area contributed by atoms with Crippen molar-refractivity contribution >= 4 is 18.9 Å². The Kier molecular flexibility index (Phi) is 9.38. The summed E-state index contributed by atoms with van der Waals surface area (Å²) in [7, 11) is -2.90. The van der Waals surface area contributed by atoms with E-state index in [1.807, 2.05) is 0 Å². The molecule has 3 aromatic carbocycles. The Bertz CT molecular complexity index is 840. The maximum absolute atomic E-state index is 6.88. The Morgan fingerprint density at radius 2 is 1.26 bits per heavy atom. The molecule has 0 unspecified atom stereocenters. The summed E-state index contributed by atoms with van der Waals surface area (Å²) >= 11 is 0. The van der Waals surface area contributed by atoms with Crippen LogP contribution in [0.5, 0.6) is 5.75 Å². The molecule has 0 spiro atoms. The van der Waals surface area contributed by atoms with E-state index in [9.17, 15) is 0 Å². The summed E-state index contributed by atoms with van der Waals surface area (Å²) in [5.41, 5.74) is 1.28. The maximum Gasteiger partial charge on any atom is 0.468 e. The van der Waals surface area contributed by atoms with Gasteiger partial charge in [0.2, 0.25) is 0 Å². The van der Waals surface area contributed by atoms with E-state index in [1.54, 1.807) is 0 Å². The first kappa shape index (κ1) is 23.3. The molecule has 0 fully saturated rings. The molecule has 0 radical (unpaired) electrons. The molecule has 0 aliphatic rings. The molecule has 0 atom stereocenters. The van der Waals surface area contributed by atoms with Crippen molar-refractivity contribution in [3.8, 4) is 5.75 Å². The van der Waals surface area contributed by atoms with Crippen molar-refractivity contribution in [2.45, 2.75) is 58.8 Å². The van der Waals surface area contributed by atoms with Gasteiger partial charge in [0.1, 0.15) is 5.75 Å². The van der Waals surface area contributed by atoms with Gasteiger partial charge in [-0.25, -0.2) is 0 Å². The van der Waals surface area contributed by atoms with Gasteiger partial charge >= 0.3 is 8.56 Å². The van der Waals surface area contributed by atoms with Gasteiger partial charge in [-0.3, -0.25) is 0 Å². The van der Waals surface area contributed by atoms with Gasteiger partial charge in [0.15, 0.2) is 0 Å². The van der Waals surface area contributed by atoms with Crippen molar-refractivity contribution < 1.29 is 8.85 Å². The van der Waals surface area contributed by atoms with E-state index in [1.165, 1.54) is 37.7 Å². The van der Waals surface area contributed by atoms with Crippen LogP contribution < -0.4 is 14.8 Å². The Balaban J connectivity index is 1.90. The second-order valence-electron chi connectivity index (χ2n) is 8.07. The highest BCUT2D eigenvalue weighted by Crippen LogP contribution is 2.20. The lowest BCUT2D eigenvalue weighted by atomic mass is 10.1. The fraction of sp³-hybridized carbons (Fsp3) is 0.357. The summed E-state index contributed by atoms with van der Waals surface area (Å²) < 4.78 is 13.7. The van der Waals surface area contributed by atoms with Crippen LogP contribution in [0.1, 0.15) is 57.9 Å². The average molecular weight is 433 g/mol. The summed E-state index contributed by atoms with van der Waals surface area (Å²) in [5.74, 6) is 0.890. The molecule has 0 saturated heterocycles. The fourth-order valence-electron chi connectivity index (χ4n) is 3.89. The van der Waals surface area contributed by atoms with E-state index in [0.717, 1.165) is 35.6 Å². The molecule has 3 rings (SSSR count). The Hall–Kier alpha value is -2.36. The zero-order valence-corrected chi connectivity index (χ0v) is 20.1. The van der Waals surface area contributed by atoms with Gasteiger partial charge in [0, 0.05) is 17.0 Å². The van der Waals surface area contributed by atoms with Crippen LogP contribution in [0.15, 0.2) is 84.9 Å². The highest BCUT2D eigenvalue weighted by molar-refractivity contribution is 6.93. The number of rotatable bonds is 13. The molecule has 0 aliphatic heterocycles. The molecule has 3 heteroatoms. The summed E-state index contributed by atoms with van der Waals surface area (Å²) in [4.78, 5) is 0. The monoisotopic (exact) mass is 432 g/mol. The van der Waals surface area contributed by atoms with Crippen molar-refractivity contribution in [3.63, 3.8) is 0 Å². The molecule has 3 aromatic rings. The summed E-state index contributed by atoms with van der Waals surface area (Å²) in [6.07, 6.45) is 8.46. The van der Waals surface area contributed by atoms with Crippen molar-refractivity contribution in [2.75, 3.05) is 6.61 Å². The molecule has 31 heavy (non-hydrogen) atoms. The molecular formula is C28H36O2Si. The maximum atomic E-state index is 6.88. The minimum atomic E-state index is -2.90. The van der Waals surface area contributed by atoms with Crippen LogP contribution in [0.4, 0.5) is 0 Å². The molecule has 0 heterocycles. The topological polar surface area (TPSA) is 18.5 Å². The Morgan fingerprint density at radius 3 is 1.87 bits per heavy atom. The van der Waals surface area contributed by atoms with Gasteiger partial charge in [-0.2, -0.15) is 0 Å². The van der Waals surface area contributed by atoms with Crippen molar-refractivity contribution in [1.82, 2.24) is 0 Å². The molecule has 0 amide bonds. The van der Waals surface area contributed by atoms with Crippen LogP contribution >= 0.6 is 0 Å². The third-order valence-electron chi connectivity index (χ3n) is 5.68. The highest BCUT2D eigenvalue weighted by Gasteiger charge is 2.45. The molecule has 0 aromatic heterocycles. The van der Waals surface area contributed by atoms with E-state index < -0.39 is 8.56 Å². The predicted octanol–water partition coefficient (Wildman–Crippen LogP) is 6.26. The first-order valence-corrected chi connectivity index (χ1v) is 13.6. The van der Waals surface area contributed by atoms with E-state index in [2.05, 4.69) is 98.8 Å². The summed E-state index contributed by atoms with van der Waals surface area (Å²) in [6.45, 7) is 5.15. The van der Waals surface area contributed by atoms with Gasteiger partial charge in [-0.1, -0.05) is 119 Å². The van der Waals surface area contributed by atoms with Crippen LogP contribution in [0.3, 0.4) is 0 Å². The first-order chi connectivity index (χ1) is 15.3. The minimum Gasteiger partial charge on any atom is -0.514 e. The number of unbranched alkanes of at least 4 members (excludes halogenated alkanes) is 5. The van der Waals surface area contributed by atoms with Crippen LogP contribution in [-0.2, 0) is 10.8 Å². The zero-order valence-electron chi connectivity index (χ0n) is 19.1. The summed E-state index contributed by atoms with van der Waals surface area (Å²) in [5, 5.41) is 2.29. The van der Waals surface area contributed by atoms with Crippen molar-refractivity contribution in [2.24, 2.45) is 0 Å². The van der Waals surface area contributed by atoms with Gasteiger partial charge in [0.25, 0.3) is 0 Å². The van der Waals surface area contributed by atoms with Gasteiger partial charge < -0.3 is 8.85 Å². The lowest BCUT2D eigenvalue weighted by Gasteiger charge is -2.32. The van der Waals surface area contributed by atoms with Crippen molar-refractivity contribution in [1.29, 1.82) is 0 Å². The van der Waals surface area contributed by atoms with Crippen LogP contribution in [0.25, 0.3) is 0 Å². The largest absolute Gasteiger partial charge is 0.514 e. The van der Waals surface area contributed by atoms with Crippen molar-refractivity contribution in [3.05, 3.63) is 90.5 Å². The minimum absolute atomic E-state index is 0.718. The highest BCUT2D eigenvalue weighted by atomic mass is 28.4. The Labute approximate surface area is 189 Å². The standard InChI is InChI=1S/C28H36O2Si/c1-3-5-6-7-8-15-23-29-31(27-19-11-9-12-20-27,28-21-13-10-14-22-28)30-26-18-16-17-25(4-2)24-26/h9-14,16-22,24H,3-8,15,23H2,1-2H3. The smallest absolute Gasteiger partial charge is 0.468 e. The summed E-state index contributed by atoms with van der Waals surface area (Å²) in [6, 6.07) is 29.5. The molecule has 0 bridgehead atoms. The van der Waals surface area contributed by atoms with E-state index >= 15 is 0 Å². The number of hydrogen-bond acceptors (Lipinski definition) is 2. The molecular weight excluding hydrogens is 396 g/mol. The third-order valence-corrected chi connectivity index (χ3v) is 9.00. The van der Waals surface area contributed by atoms with Crippen LogP contribution in [0, 0.1) is 0 Å². The lowest BCUT2D eigenvalue weighted by Crippen LogP contribution is -2.66. The molecule has 164 valence electrons. The first-order valence-electron chi connectivity index (χ1n) is 11.8. The third kappa shape index (κ3) is 6.56. The van der Waals surface area contributed by atoms with E-state index in [0.29, 0.717) is 0 Å². The number of benzene rings is 3. The second kappa shape index (κ2) is 12.5. The second-order valence-corrected chi connectivity index (χ2v) is 10.9. The molecule has 0 N–H and O–H groups in total. The average Bonchev–Trinajstić information content (AvgIpc) is 2.84. The molecule has 2 nitrogen and oxygen atoms in total. The SMILES string of the molecule is CCCCCCCCO[Si](Oc1cccc(CC)c1)(c1ccccc1)c1ccccc1. The molecule has 0 saturated carbocycles. The predicted molar refractivity (Wildman–Crippen MR) is 134 cm³/mol. The Morgan fingerprint density at radius 1 is 0.645 bits per heavy atom. The van der Waals surface area contributed by atoms with Crippen LogP contribution in [-0.4, -0.2) is 15.2 Å². The van der Waals surface area contributed by atoms with Gasteiger partial charge in [-0.05, 0) is 30.5 Å². The lowest BCUT2D eigenvalue weighted by molar-refractivity contribution is 0.252. The number of aryl methyl sites for hydroxylation is 1. The van der Waals surface area contributed by atoms with Gasteiger partial charge in [0.05, 0.1) is 0 Å². The molecule has 0 aliphatic carbocycles. The van der Waals surface area contributed by atoms with E-state index in [-0.39, 0.29) is 0 Å². The van der Waals surface area contributed by atoms with Crippen LogP contribution in [0.2, 0.25) is 0 Å². The zero-order chi connectivity index (χ0) is 21.8. The normalized spacial score (nSPS) is 11.4. The van der Waals surface area contributed by atoms with E-state index in [4.69, 9.17) is 8.85 Å².